The lowest BCUT2D eigenvalue weighted by Gasteiger charge is -2.05. The van der Waals surface area contributed by atoms with Gasteiger partial charge in [-0.05, 0) is 29.3 Å². The fourth-order valence-electron chi connectivity index (χ4n) is 3.34. The molecule has 0 saturated carbocycles. The van der Waals surface area contributed by atoms with Gasteiger partial charge in [0.15, 0.2) is 5.01 Å². The first-order chi connectivity index (χ1) is 15.7. The fraction of sp³-hybridized carbons (Fsp3) is 0.105. The molecular weight excluding hydrogens is 475 g/mol. The van der Waals surface area contributed by atoms with Crippen molar-refractivity contribution in [2.45, 2.75) is 13.1 Å². The van der Waals surface area contributed by atoms with E-state index >= 15 is 0 Å². The van der Waals surface area contributed by atoms with Gasteiger partial charge in [0.1, 0.15) is 5.82 Å². The van der Waals surface area contributed by atoms with Crippen LogP contribution >= 0.6 is 11.3 Å². The third-order valence-electron chi connectivity index (χ3n) is 4.86. The Morgan fingerprint density at radius 1 is 1.24 bits per heavy atom. The van der Waals surface area contributed by atoms with Crippen LogP contribution in [0.4, 0.5) is 4.39 Å². The molecule has 0 atom stereocenters. The molecule has 1 amide bonds. The number of nitrogens with two attached hydrogens (primary N) is 1. The lowest BCUT2D eigenvalue weighted by molar-refractivity contribution is 0.0964. The van der Waals surface area contributed by atoms with Gasteiger partial charge in [0, 0.05) is 23.7 Å². The number of carbonyl (C=O) groups excluding carboxylic acids is 2. The second-order valence-corrected chi connectivity index (χ2v) is 9.48. The molecule has 1 aliphatic heterocycles. The van der Waals surface area contributed by atoms with Crippen molar-refractivity contribution >= 4 is 43.5 Å². The highest BCUT2D eigenvalue weighted by molar-refractivity contribution is 7.87. The first kappa shape index (κ1) is 21.3. The van der Waals surface area contributed by atoms with Gasteiger partial charge in [0.2, 0.25) is 5.89 Å². The number of aromatic nitrogens is 3. The second kappa shape index (κ2) is 7.77. The van der Waals surface area contributed by atoms with Gasteiger partial charge >= 0.3 is 0 Å². The van der Waals surface area contributed by atoms with Crippen LogP contribution in [0.3, 0.4) is 0 Å². The highest BCUT2D eigenvalue weighted by Crippen LogP contribution is 2.33. The highest BCUT2D eigenvalue weighted by Gasteiger charge is 2.23. The molecule has 1 aliphatic rings. The summed E-state index contributed by atoms with van der Waals surface area (Å²) in [4.78, 5) is 28.6. The summed E-state index contributed by atoms with van der Waals surface area (Å²) in [6.07, 6.45) is 0. The average Bonchev–Trinajstić information content (AvgIpc) is 3.49. The number of hydrogen-bond donors (Lipinski definition) is 3. The maximum absolute atomic E-state index is 14.8. The molecule has 0 saturated heterocycles. The maximum Gasteiger partial charge on any atom is 0.291 e. The molecule has 2 aromatic carbocycles. The molecule has 14 heteroatoms. The van der Waals surface area contributed by atoms with Crippen LogP contribution in [-0.2, 0) is 23.3 Å². The molecule has 168 valence electrons. The van der Waals surface area contributed by atoms with Crippen molar-refractivity contribution in [3.05, 3.63) is 64.1 Å². The number of carbonyl (C=O) groups is 2. The number of rotatable bonds is 6. The Balaban J connectivity index is 1.44. The van der Waals surface area contributed by atoms with Crippen LogP contribution in [-0.4, -0.2) is 35.3 Å². The van der Waals surface area contributed by atoms with E-state index in [2.05, 4.69) is 20.5 Å². The summed E-state index contributed by atoms with van der Waals surface area (Å²) in [5.41, 5.74) is 2.51. The third kappa shape index (κ3) is 4.11. The number of amides is 1. The number of nitrogens with one attached hydrogen (secondary N) is 2. The Morgan fingerprint density at radius 2 is 2.06 bits per heavy atom. The standard InChI is InChI=1S/C19H13FN6O5S2/c20-12-5-13-14(4-11(12)8-1-2-10-9(3-8)6-22-17(10)28)32-19(24-13)16(27)18-26-25-15(31-18)7-23-33(21,29)30/h1-5,23H,6-7H2,(H,22,28)(H2,21,29,30). The Hall–Kier alpha value is -3.59. The number of benzene rings is 2. The minimum absolute atomic E-state index is 0.0000874. The van der Waals surface area contributed by atoms with Crippen molar-refractivity contribution < 1.29 is 26.8 Å². The number of thiazole rings is 1. The predicted molar refractivity (Wildman–Crippen MR) is 114 cm³/mol. The van der Waals surface area contributed by atoms with E-state index < -0.39 is 27.7 Å². The summed E-state index contributed by atoms with van der Waals surface area (Å²) in [6.45, 7) is -0.000592. The summed E-state index contributed by atoms with van der Waals surface area (Å²) in [5, 5.41) is 14.7. The van der Waals surface area contributed by atoms with Crippen molar-refractivity contribution in [3.8, 4) is 11.1 Å². The lowest BCUT2D eigenvalue weighted by Crippen LogP contribution is -2.30. The minimum atomic E-state index is -3.97. The summed E-state index contributed by atoms with van der Waals surface area (Å²) in [5.74, 6) is -1.93. The van der Waals surface area contributed by atoms with Crippen LogP contribution in [0.2, 0.25) is 0 Å². The SMILES string of the molecule is NS(=O)(=O)NCc1nnc(C(=O)c2nc3cc(F)c(-c4ccc5c(c4)CNC5=O)cc3s2)o1. The zero-order valence-electron chi connectivity index (χ0n) is 16.5. The summed E-state index contributed by atoms with van der Waals surface area (Å²) < 4.78 is 44.4. The quantitative estimate of drug-likeness (QED) is 0.340. The molecule has 0 aliphatic carbocycles. The zero-order valence-corrected chi connectivity index (χ0v) is 18.1. The molecular formula is C19H13FN6O5S2. The van der Waals surface area contributed by atoms with Crippen molar-refractivity contribution in [1.82, 2.24) is 25.2 Å². The molecule has 0 radical (unpaired) electrons. The smallest absolute Gasteiger partial charge is 0.291 e. The first-order valence-corrected chi connectivity index (χ1v) is 11.7. The van der Waals surface area contributed by atoms with Crippen LogP contribution in [0, 0.1) is 5.82 Å². The van der Waals surface area contributed by atoms with Gasteiger partial charge in [-0.3, -0.25) is 9.59 Å². The van der Waals surface area contributed by atoms with Crippen LogP contribution < -0.4 is 15.2 Å². The van der Waals surface area contributed by atoms with E-state index in [1.165, 1.54) is 6.07 Å². The number of nitrogens with zero attached hydrogens (tertiary/aromatic N) is 3. The molecule has 2 aromatic heterocycles. The van der Waals surface area contributed by atoms with E-state index in [0.29, 0.717) is 27.9 Å². The Morgan fingerprint density at radius 3 is 2.85 bits per heavy atom. The van der Waals surface area contributed by atoms with Gasteiger partial charge < -0.3 is 9.73 Å². The zero-order chi connectivity index (χ0) is 23.3. The Labute approximate surface area is 189 Å². The fourth-order valence-corrected chi connectivity index (χ4v) is 4.58. The predicted octanol–water partition coefficient (Wildman–Crippen LogP) is 1.25. The summed E-state index contributed by atoms with van der Waals surface area (Å²) in [7, 11) is -3.97. The number of fused-ring (bicyclic) bond motifs is 2. The molecule has 11 nitrogen and oxygen atoms in total. The highest BCUT2D eigenvalue weighted by atomic mass is 32.2. The molecule has 5 rings (SSSR count). The third-order valence-corrected chi connectivity index (χ3v) is 6.42. The van der Waals surface area contributed by atoms with Crippen molar-refractivity contribution in [3.63, 3.8) is 0 Å². The van der Waals surface area contributed by atoms with E-state index in [9.17, 15) is 22.4 Å². The molecule has 0 fully saturated rings. The number of hydrogen-bond acceptors (Lipinski definition) is 9. The van der Waals surface area contributed by atoms with E-state index in [4.69, 9.17) is 9.56 Å². The van der Waals surface area contributed by atoms with Gasteiger partial charge in [-0.15, -0.1) is 21.5 Å². The van der Waals surface area contributed by atoms with Gasteiger partial charge in [-0.1, -0.05) is 6.07 Å². The largest absolute Gasteiger partial charge is 0.417 e. The lowest BCUT2D eigenvalue weighted by atomic mass is 10.00. The van der Waals surface area contributed by atoms with Crippen molar-refractivity contribution in [2.75, 3.05) is 0 Å². The second-order valence-electron chi connectivity index (χ2n) is 7.07. The molecule has 0 spiro atoms. The Kier molecular flexibility index (Phi) is 5.01. The monoisotopic (exact) mass is 488 g/mol. The van der Waals surface area contributed by atoms with Crippen LogP contribution in [0.15, 0.2) is 34.7 Å². The Bertz CT molecular complexity index is 1560. The van der Waals surface area contributed by atoms with E-state index in [-0.39, 0.29) is 28.9 Å². The normalized spacial score (nSPS) is 13.3. The van der Waals surface area contributed by atoms with Crippen molar-refractivity contribution in [1.29, 1.82) is 0 Å². The summed E-state index contributed by atoms with van der Waals surface area (Å²) >= 11 is 1.02. The summed E-state index contributed by atoms with van der Waals surface area (Å²) in [6, 6.07) is 7.87. The molecule has 4 N–H and O–H groups in total. The molecule has 3 heterocycles. The van der Waals surface area contributed by atoms with Gasteiger partial charge in [0.25, 0.3) is 27.8 Å². The number of halogens is 1. The molecule has 4 aromatic rings. The number of ketones is 1. The average molecular weight is 488 g/mol. The molecule has 0 bridgehead atoms. The van der Waals surface area contributed by atoms with Crippen LogP contribution in [0.5, 0.6) is 0 Å². The van der Waals surface area contributed by atoms with Crippen molar-refractivity contribution in [2.24, 2.45) is 5.14 Å². The van der Waals surface area contributed by atoms with E-state index in [1.807, 2.05) is 4.72 Å². The topological polar surface area (TPSA) is 170 Å². The molecule has 0 unspecified atom stereocenters. The first-order valence-electron chi connectivity index (χ1n) is 9.34. The van der Waals surface area contributed by atoms with Gasteiger partial charge in [-0.2, -0.15) is 13.1 Å². The minimum Gasteiger partial charge on any atom is -0.417 e. The van der Waals surface area contributed by atoms with E-state index in [1.54, 1.807) is 24.3 Å². The maximum atomic E-state index is 14.8. The van der Waals surface area contributed by atoms with Gasteiger partial charge in [-0.25, -0.2) is 14.5 Å². The van der Waals surface area contributed by atoms with Crippen LogP contribution in [0.25, 0.3) is 21.3 Å². The van der Waals surface area contributed by atoms with Gasteiger partial charge in [0.05, 0.1) is 16.8 Å². The van der Waals surface area contributed by atoms with Crippen LogP contribution in [0.1, 0.15) is 37.5 Å². The molecule has 33 heavy (non-hydrogen) atoms. The van der Waals surface area contributed by atoms with E-state index in [0.717, 1.165) is 16.9 Å².